The first-order chi connectivity index (χ1) is 14.1. The summed E-state index contributed by atoms with van der Waals surface area (Å²) in [5.74, 6) is 1.62. The van der Waals surface area contributed by atoms with Crippen molar-refractivity contribution in [1.82, 2.24) is 15.3 Å². The highest BCUT2D eigenvalue weighted by atomic mass is 16.5. The Labute approximate surface area is 168 Å². The molecule has 0 aliphatic heterocycles. The molecule has 1 aromatic heterocycles. The highest BCUT2D eigenvalue weighted by Gasteiger charge is 2.13. The maximum absolute atomic E-state index is 12.5. The van der Waals surface area contributed by atoms with Crippen LogP contribution in [-0.4, -0.2) is 24.2 Å². The number of rotatable bonds is 6. The Hall–Kier alpha value is -3.38. The average molecular weight is 389 g/mol. The molecule has 0 saturated heterocycles. The summed E-state index contributed by atoms with van der Waals surface area (Å²) in [6, 6.07) is 18.1. The summed E-state index contributed by atoms with van der Waals surface area (Å²) in [4.78, 5) is 20.0. The van der Waals surface area contributed by atoms with E-state index in [-0.39, 0.29) is 11.6 Å². The lowest BCUT2D eigenvalue weighted by Crippen LogP contribution is -2.22. The molecule has 0 saturated carbocycles. The molecule has 0 bridgehead atoms. The van der Waals surface area contributed by atoms with Crippen LogP contribution in [0.4, 0.5) is 0 Å². The Kier molecular flexibility index (Phi) is 5.18. The van der Waals surface area contributed by atoms with Gasteiger partial charge in [-0.2, -0.15) is 0 Å². The third-order valence-electron chi connectivity index (χ3n) is 5.13. The fraction of sp³-hybridized carbons (Fsp3) is 0.217. The number of hydrogen-bond donors (Lipinski definition) is 2. The van der Waals surface area contributed by atoms with Crippen molar-refractivity contribution in [2.45, 2.75) is 19.5 Å². The van der Waals surface area contributed by atoms with Crippen LogP contribution in [0.5, 0.6) is 11.5 Å². The molecule has 6 nitrogen and oxygen atoms in total. The molecule has 29 heavy (non-hydrogen) atoms. The monoisotopic (exact) mass is 389 g/mol. The highest BCUT2D eigenvalue weighted by Crippen LogP contribution is 2.30. The average Bonchev–Trinajstić information content (AvgIpc) is 2.76. The predicted molar refractivity (Wildman–Crippen MR) is 115 cm³/mol. The van der Waals surface area contributed by atoms with Crippen molar-refractivity contribution in [3.05, 3.63) is 76.3 Å². The minimum atomic E-state index is -0.203. The molecule has 0 unspecified atom stereocenters. The smallest absolute Gasteiger partial charge is 0.258 e. The summed E-state index contributed by atoms with van der Waals surface area (Å²) in [5, 5.41) is 6.35. The number of hydrogen-bond acceptors (Lipinski definition) is 5. The van der Waals surface area contributed by atoms with Gasteiger partial charge in [0.2, 0.25) is 0 Å². The van der Waals surface area contributed by atoms with Crippen molar-refractivity contribution in [2.24, 2.45) is 0 Å². The zero-order valence-corrected chi connectivity index (χ0v) is 16.7. The molecule has 6 heteroatoms. The lowest BCUT2D eigenvalue weighted by molar-refractivity contribution is 0.355. The number of aromatic nitrogens is 2. The molecule has 4 aromatic rings. The van der Waals surface area contributed by atoms with Crippen LogP contribution in [0.2, 0.25) is 0 Å². The third kappa shape index (κ3) is 3.67. The van der Waals surface area contributed by atoms with Gasteiger partial charge >= 0.3 is 0 Å². The van der Waals surface area contributed by atoms with Crippen molar-refractivity contribution in [3.63, 3.8) is 0 Å². The van der Waals surface area contributed by atoms with Gasteiger partial charge in [0.05, 0.1) is 31.7 Å². The molecule has 1 atom stereocenters. The summed E-state index contributed by atoms with van der Waals surface area (Å²) < 4.78 is 10.6. The van der Waals surface area contributed by atoms with Crippen molar-refractivity contribution in [3.8, 4) is 11.5 Å². The van der Waals surface area contributed by atoms with Crippen molar-refractivity contribution in [2.75, 3.05) is 14.2 Å². The molecule has 3 aromatic carbocycles. The SMILES string of the molecule is COc1cc2nc(CN[C@@H](C)c3cccc4ccccc34)[nH]c(=O)c2cc1OC. The Morgan fingerprint density at radius 2 is 1.72 bits per heavy atom. The lowest BCUT2D eigenvalue weighted by Gasteiger charge is -2.16. The zero-order chi connectivity index (χ0) is 20.4. The van der Waals surface area contributed by atoms with Gasteiger partial charge in [-0.25, -0.2) is 4.98 Å². The van der Waals surface area contributed by atoms with Gasteiger partial charge in [-0.1, -0.05) is 42.5 Å². The van der Waals surface area contributed by atoms with Gasteiger partial charge in [-0.3, -0.25) is 4.79 Å². The van der Waals surface area contributed by atoms with Gasteiger partial charge in [-0.15, -0.1) is 0 Å². The highest BCUT2D eigenvalue weighted by molar-refractivity contribution is 5.86. The van der Waals surface area contributed by atoms with E-state index in [1.165, 1.54) is 23.4 Å². The summed E-state index contributed by atoms with van der Waals surface area (Å²) in [7, 11) is 3.10. The summed E-state index contributed by atoms with van der Waals surface area (Å²) in [5.41, 5.74) is 1.57. The topological polar surface area (TPSA) is 76.2 Å². The fourth-order valence-corrected chi connectivity index (χ4v) is 3.59. The first-order valence-electron chi connectivity index (χ1n) is 9.46. The van der Waals surface area contributed by atoms with Crippen LogP contribution in [0.25, 0.3) is 21.7 Å². The Bertz CT molecular complexity index is 1230. The standard InChI is InChI=1S/C23H23N3O3/c1-14(16-10-6-8-15-7-4-5-9-17(15)16)24-13-22-25-19-12-21(29-3)20(28-2)11-18(19)23(27)26-22/h4-12,14,24H,13H2,1-3H3,(H,25,26,27)/t14-/m0/s1. The summed E-state index contributed by atoms with van der Waals surface area (Å²) in [6.45, 7) is 2.54. The number of H-pyrrole nitrogens is 1. The predicted octanol–water partition coefficient (Wildman–Crippen LogP) is 3.94. The lowest BCUT2D eigenvalue weighted by atomic mass is 10.00. The third-order valence-corrected chi connectivity index (χ3v) is 5.13. The first kappa shape index (κ1) is 19.0. The largest absolute Gasteiger partial charge is 0.493 e. The molecule has 1 heterocycles. The van der Waals surface area contributed by atoms with Gasteiger partial charge in [0.15, 0.2) is 11.5 Å². The second-order valence-corrected chi connectivity index (χ2v) is 6.91. The maximum atomic E-state index is 12.5. The zero-order valence-electron chi connectivity index (χ0n) is 16.7. The van der Waals surface area contributed by atoms with Gasteiger partial charge < -0.3 is 19.8 Å². The van der Waals surface area contributed by atoms with Crippen LogP contribution in [0.1, 0.15) is 24.4 Å². The van der Waals surface area contributed by atoms with Crippen molar-refractivity contribution in [1.29, 1.82) is 0 Å². The molecule has 0 fully saturated rings. The van der Waals surface area contributed by atoms with E-state index in [1.807, 2.05) is 12.1 Å². The molecule has 0 aliphatic carbocycles. The van der Waals surface area contributed by atoms with Crippen LogP contribution in [-0.2, 0) is 6.54 Å². The normalized spacial score (nSPS) is 12.2. The van der Waals surface area contributed by atoms with Crippen LogP contribution in [0, 0.1) is 0 Å². The van der Waals surface area contributed by atoms with E-state index < -0.39 is 0 Å². The number of fused-ring (bicyclic) bond motifs is 2. The number of nitrogens with zero attached hydrogens (tertiary/aromatic N) is 1. The minimum absolute atomic E-state index is 0.0903. The number of nitrogens with one attached hydrogen (secondary N) is 2. The number of ether oxygens (including phenoxy) is 2. The van der Waals surface area contributed by atoms with Crippen LogP contribution in [0.15, 0.2) is 59.4 Å². The molecular formula is C23H23N3O3. The number of aromatic amines is 1. The second-order valence-electron chi connectivity index (χ2n) is 6.91. The van der Waals surface area contributed by atoms with E-state index in [2.05, 4.69) is 52.5 Å². The van der Waals surface area contributed by atoms with E-state index >= 15 is 0 Å². The summed E-state index contributed by atoms with van der Waals surface area (Å²) in [6.07, 6.45) is 0. The van der Waals surface area contributed by atoms with Crippen molar-refractivity contribution >= 4 is 21.7 Å². The quantitative estimate of drug-likeness (QED) is 0.522. The van der Waals surface area contributed by atoms with E-state index in [0.717, 1.165) is 0 Å². The summed E-state index contributed by atoms with van der Waals surface area (Å²) >= 11 is 0. The van der Waals surface area contributed by atoms with Crippen molar-refractivity contribution < 1.29 is 9.47 Å². The molecule has 2 N–H and O–H groups in total. The molecule has 0 radical (unpaired) electrons. The van der Waals surface area contributed by atoms with Gasteiger partial charge in [-0.05, 0) is 29.3 Å². The Balaban J connectivity index is 1.61. The Morgan fingerprint density at radius 1 is 1.00 bits per heavy atom. The number of methoxy groups -OCH3 is 2. The maximum Gasteiger partial charge on any atom is 0.258 e. The first-order valence-corrected chi connectivity index (χ1v) is 9.46. The Morgan fingerprint density at radius 3 is 2.52 bits per heavy atom. The van der Waals surface area contributed by atoms with Gasteiger partial charge in [0.1, 0.15) is 5.82 Å². The van der Waals surface area contributed by atoms with Crippen LogP contribution >= 0.6 is 0 Å². The molecule has 0 spiro atoms. The van der Waals surface area contributed by atoms with E-state index in [9.17, 15) is 4.79 Å². The second kappa shape index (κ2) is 7.93. The van der Waals surface area contributed by atoms with E-state index in [4.69, 9.17) is 9.47 Å². The van der Waals surface area contributed by atoms with Gasteiger partial charge in [0.25, 0.3) is 5.56 Å². The van der Waals surface area contributed by atoms with Gasteiger partial charge in [0, 0.05) is 12.1 Å². The molecular weight excluding hydrogens is 366 g/mol. The fourth-order valence-electron chi connectivity index (χ4n) is 3.59. The van der Waals surface area contributed by atoms with E-state index in [0.29, 0.717) is 34.8 Å². The molecule has 0 amide bonds. The molecule has 148 valence electrons. The molecule has 4 rings (SSSR count). The molecule has 0 aliphatic rings. The van der Waals surface area contributed by atoms with E-state index in [1.54, 1.807) is 19.2 Å². The van der Waals surface area contributed by atoms with Crippen LogP contribution < -0.4 is 20.3 Å². The van der Waals surface area contributed by atoms with Crippen LogP contribution in [0.3, 0.4) is 0 Å². The minimum Gasteiger partial charge on any atom is -0.493 e. The number of benzene rings is 3.